The van der Waals surface area contributed by atoms with E-state index in [2.05, 4.69) is 5.32 Å². The summed E-state index contributed by atoms with van der Waals surface area (Å²) in [5.74, 6) is 0.914. The monoisotopic (exact) mass is 434 g/mol. The van der Waals surface area contributed by atoms with Crippen molar-refractivity contribution in [2.75, 3.05) is 19.5 Å². The predicted molar refractivity (Wildman–Crippen MR) is 121 cm³/mol. The number of carbonyl (C=O) groups excluding carboxylic acids is 1. The molecule has 3 aromatic rings. The van der Waals surface area contributed by atoms with Crippen molar-refractivity contribution < 1.29 is 23.9 Å². The van der Waals surface area contributed by atoms with Gasteiger partial charge in [0.15, 0.2) is 11.5 Å². The van der Waals surface area contributed by atoms with Crippen LogP contribution in [-0.2, 0) is 11.4 Å². The molecule has 0 spiro atoms. The highest BCUT2D eigenvalue weighted by atomic mass is 16.6. The zero-order valence-corrected chi connectivity index (χ0v) is 17.6. The van der Waals surface area contributed by atoms with Gasteiger partial charge < -0.3 is 19.5 Å². The highest BCUT2D eigenvalue weighted by molar-refractivity contribution is 6.02. The van der Waals surface area contributed by atoms with E-state index in [9.17, 15) is 14.9 Å². The first kappa shape index (κ1) is 22.4. The van der Waals surface area contributed by atoms with Crippen molar-refractivity contribution in [2.45, 2.75) is 6.61 Å². The summed E-state index contributed by atoms with van der Waals surface area (Å²) in [6.45, 7) is 0.409. The Morgan fingerprint density at radius 1 is 0.969 bits per heavy atom. The number of non-ortho nitro benzene ring substituents is 1. The van der Waals surface area contributed by atoms with Crippen molar-refractivity contribution in [1.29, 1.82) is 0 Å². The standard InChI is InChI=1S/C24H22N2O6/c1-30-22-15-19(26(28)29)10-11-20(22)25-24(27)13-9-17-8-12-21(23(14-17)31-2)32-16-18-6-4-3-5-7-18/h3-15H,16H2,1-2H3,(H,25,27). The third-order valence-corrected chi connectivity index (χ3v) is 4.51. The van der Waals surface area contributed by atoms with Crippen molar-refractivity contribution in [3.05, 3.63) is 94.0 Å². The van der Waals surface area contributed by atoms with Gasteiger partial charge in [-0.15, -0.1) is 0 Å². The lowest BCUT2D eigenvalue weighted by Crippen LogP contribution is -2.09. The molecule has 1 amide bonds. The third kappa shape index (κ3) is 5.85. The number of anilines is 1. The smallest absolute Gasteiger partial charge is 0.273 e. The zero-order valence-electron chi connectivity index (χ0n) is 17.6. The number of benzene rings is 3. The van der Waals surface area contributed by atoms with Gasteiger partial charge in [-0.25, -0.2) is 0 Å². The lowest BCUT2D eigenvalue weighted by atomic mass is 10.2. The fourth-order valence-electron chi connectivity index (χ4n) is 2.89. The van der Waals surface area contributed by atoms with E-state index in [-0.39, 0.29) is 11.4 Å². The van der Waals surface area contributed by atoms with E-state index in [0.717, 1.165) is 11.1 Å². The van der Waals surface area contributed by atoms with Gasteiger partial charge in [-0.05, 0) is 35.4 Å². The summed E-state index contributed by atoms with van der Waals surface area (Å²) < 4.78 is 16.4. The SMILES string of the molecule is COc1cc([N+](=O)[O-])ccc1NC(=O)C=Cc1ccc(OCc2ccccc2)c(OC)c1. The van der Waals surface area contributed by atoms with Gasteiger partial charge in [0.2, 0.25) is 5.91 Å². The van der Waals surface area contributed by atoms with Crippen molar-refractivity contribution in [2.24, 2.45) is 0 Å². The molecule has 8 nitrogen and oxygen atoms in total. The van der Waals surface area contributed by atoms with Crippen LogP contribution in [0.1, 0.15) is 11.1 Å². The molecule has 3 aromatic carbocycles. The minimum absolute atomic E-state index is 0.128. The molecule has 0 saturated heterocycles. The first-order valence-electron chi connectivity index (χ1n) is 9.66. The highest BCUT2D eigenvalue weighted by Gasteiger charge is 2.12. The average molecular weight is 434 g/mol. The second-order valence-electron chi connectivity index (χ2n) is 6.65. The number of nitrogens with one attached hydrogen (secondary N) is 1. The van der Waals surface area contributed by atoms with E-state index in [4.69, 9.17) is 14.2 Å². The number of carbonyl (C=O) groups is 1. The van der Waals surface area contributed by atoms with Crippen LogP contribution < -0.4 is 19.5 Å². The van der Waals surface area contributed by atoms with Crippen LogP contribution in [-0.4, -0.2) is 25.1 Å². The molecule has 32 heavy (non-hydrogen) atoms. The quantitative estimate of drug-likeness (QED) is 0.294. The Kier molecular flexibility index (Phi) is 7.42. The molecule has 0 aromatic heterocycles. The number of nitro groups is 1. The third-order valence-electron chi connectivity index (χ3n) is 4.51. The normalized spacial score (nSPS) is 10.6. The van der Waals surface area contributed by atoms with Gasteiger partial charge in [0.05, 0.1) is 30.9 Å². The summed E-state index contributed by atoms with van der Waals surface area (Å²) in [4.78, 5) is 22.7. The van der Waals surface area contributed by atoms with E-state index >= 15 is 0 Å². The lowest BCUT2D eigenvalue weighted by Gasteiger charge is -2.11. The summed E-state index contributed by atoms with van der Waals surface area (Å²) in [6, 6.07) is 19.1. The molecule has 8 heteroatoms. The Morgan fingerprint density at radius 3 is 2.41 bits per heavy atom. The molecular formula is C24H22N2O6. The van der Waals surface area contributed by atoms with Crippen LogP contribution in [0, 0.1) is 10.1 Å². The number of methoxy groups -OCH3 is 2. The van der Waals surface area contributed by atoms with E-state index in [1.165, 1.54) is 31.4 Å². The molecule has 0 fully saturated rings. The topological polar surface area (TPSA) is 99.9 Å². The fraction of sp³-hybridized carbons (Fsp3) is 0.125. The molecule has 0 atom stereocenters. The lowest BCUT2D eigenvalue weighted by molar-refractivity contribution is -0.384. The first-order valence-corrected chi connectivity index (χ1v) is 9.66. The van der Waals surface area contributed by atoms with Crippen molar-refractivity contribution in [3.8, 4) is 17.2 Å². The molecule has 0 saturated carbocycles. The summed E-state index contributed by atoms with van der Waals surface area (Å²) >= 11 is 0. The van der Waals surface area contributed by atoms with Crippen LogP contribution in [0.25, 0.3) is 6.08 Å². The Labute approximate surface area is 185 Å². The predicted octanol–water partition coefficient (Wildman–Crippen LogP) is 4.84. The maximum absolute atomic E-state index is 12.3. The summed E-state index contributed by atoms with van der Waals surface area (Å²) in [5.41, 5.74) is 1.98. The van der Waals surface area contributed by atoms with Crippen LogP contribution >= 0.6 is 0 Å². The van der Waals surface area contributed by atoms with E-state index < -0.39 is 10.8 Å². The van der Waals surface area contributed by atoms with Gasteiger partial charge in [0.25, 0.3) is 5.69 Å². The van der Waals surface area contributed by atoms with E-state index in [1.807, 2.05) is 30.3 Å². The molecule has 0 aliphatic heterocycles. The number of nitro benzene ring substituents is 1. The van der Waals surface area contributed by atoms with Gasteiger partial charge in [-0.1, -0.05) is 36.4 Å². The number of hydrogen-bond acceptors (Lipinski definition) is 6. The number of amides is 1. The van der Waals surface area contributed by atoms with Crippen LogP contribution in [0.3, 0.4) is 0 Å². The zero-order chi connectivity index (χ0) is 22.9. The molecule has 0 radical (unpaired) electrons. The molecule has 0 unspecified atom stereocenters. The van der Waals surface area contributed by atoms with Gasteiger partial charge in [-0.3, -0.25) is 14.9 Å². The largest absolute Gasteiger partial charge is 0.494 e. The Morgan fingerprint density at radius 2 is 1.72 bits per heavy atom. The minimum atomic E-state index is -0.533. The van der Waals surface area contributed by atoms with Gasteiger partial charge in [0.1, 0.15) is 12.4 Å². The molecule has 3 rings (SSSR count). The fourth-order valence-corrected chi connectivity index (χ4v) is 2.89. The maximum Gasteiger partial charge on any atom is 0.273 e. The van der Waals surface area contributed by atoms with Crippen molar-refractivity contribution in [1.82, 2.24) is 0 Å². The van der Waals surface area contributed by atoms with Gasteiger partial charge in [-0.2, -0.15) is 0 Å². The van der Waals surface area contributed by atoms with Crippen LogP contribution in [0.4, 0.5) is 11.4 Å². The van der Waals surface area contributed by atoms with Crippen molar-refractivity contribution in [3.63, 3.8) is 0 Å². The Hall–Kier alpha value is -4.33. The van der Waals surface area contributed by atoms with Gasteiger partial charge >= 0.3 is 0 Å². The first-order chi connectivity index (χ1) is 15.5. The maximum atomic E-state index is 12.3. The van der Waals surface area contributed by atoms with E-state index in [0.29, 0.717) is 23.8 Å². The molecule has 0 aliphatic rings. The summed E-state index contributed by atoms with van der Waals surface area (Å²) in [5, 5.41) is 13.5. The molecule has 0 heterocycles. The van der Waals surface area contributed by atoms with Crippen LogP contribution in [0.5, 0.6) is 17.2 Å². The Balaban J connectivity index is 1.66. The van der Waals surface area contributed by atoms with Crippen molar-refractivity contribution >= 4 is 23.4 Å². The van der Waals surface area contributed by atoms with E-state index in [1.54, 1.807) is 31.4 Å². The highest BCUT2D eigenvalue weighted by Crippen LogP contribution is 2.30. The summed E-state index contributed by atoms with van der Waals surface area (Å²) in [6.07, 6.45) is 2.97. The van der Waals surface area contributed by atoms with Gasteiger partial charge in [0, 0.05) is 12.1 Å². The molecule has 0 bridgehead atoms. The number of nitrogens with zero attached hydrogens (tertiary/aromatic N) is 1. The number of rotatable bonds is 9. The molecule has 0 aliphatic carbocycles. The van der Waals surface area contributed by atoms with Crippen LogP contribution in [0.2, 0.25) is 0 Å². The molecular weight excluding hydrogens is 412 g/mol. The number of hydrogen-bond donors (Lipinski definition) is 1. The average Bonchev–Trinajstić information content (AvgIpc) is 2.82. The number of ether oxygens (including phenoxy) is 3. The second-order valence-corrected chi connectivity index (χ2v) is 6.65. The summed E-state index contributed by atoms with van der Waals surface area (Å²) in [7, 11) is 2.92. The second kappa shape index (κ2) is 10.6. The van der Waals surface area contributed by atoms with Crippen LogP contribution in [0.15, 0.2) is 72.8 Å². The Bertz CT molecular complexity index is 1130. The minimum Gasteiger partial charge on any atom is -0.494 e. The molecule has 164 valence electrons. The molecule has 1 N–H and O–H groups in total.